The Morgan fingerprint density at radius 3 is 2.95 bits per heavy atom. The van der Waals surface area contributed by atoms with Gasteiger partial charge in [0.25, 0.3) is 0 Å². The summed E-state index contributed by atoms with van der Waals surface area (Å²) in [6, 6.07) is 7.75. The van der Waals surface area contributed by atoms with Crippen LogP contribution in [0, 0.1) is 12.8 Å². The molecular formula is C17H22N2S. The van der Waals surface area contributed by atoms with Gasteiger partial charge in [-0.05, 0) is 50.2 Å². The molecule has 2 aliphatic rings. The highest BCUT2D eigenvalue weighted by Gasteiger charge is 2.33. The summed E-state index contributed by atoms with van der Waals surface area (Å²) in [6.45, 7) is 2.16. The van der Waals surface area contributed by atoms with Crippen LogP contribution >= 0.6 is 11.3 Å². The largest absolute Gasteiger partial charge is 0.305 e. The van der Waals surface area contributed by atoms with E-state index in [1.54, 1.807) is 0 Å². The van der Waals surface area contributed by atoms with Crippen LogP contribution in [-0.4, -0.2) is 11.0 Å². The van der Waals surface area contributed by atoms with Crippen molar-refractivity contribution in [3.8, 4) is 0 Å². The predicted octanol–water partition coefficient (Wildman–Crippen LogP) is 4.59. The van der Waals surface area contributed by atoms with Crippen LogP contribution in [0.25, 0.3) is 10.2 Å². The zero-order valence-corrected chi connectivity index (χ0v) is 12.9. The zero-order chi connectivity index (χ0) is 13.5. The molecule has 1 aromatic heterocycles. The van der Waals surface area contributed by atoms with Crippen LogP contribution in [0.3, 0.4) is 0 Å². The van der Waals surface area contributed by atoms with Crippen molar-refractivity contribution in [2.24, 2.45) is 5.92 Å². The molecule has 3 unspecified atom stereocenters. The van der Waals surface area contributed by atoms with E-state index in [0.717, 1.165) is 12.0 Å². The number of nitrogens with zero attached hydrogens (tertiary/aromatic N) is 1. The van der Waals surface area contributed by atoms with Crippen LogP contribution in [0.1, 0.15) is 55.1 Å². The Hall–Kier alpha value is -0.930. The summed E-state index contributed by atoms with van der Waals surface area (Å²) < 4.78 is 1.34. The van der Waals surface area contributed by atoms with Crippen molar-refractivity contribution in [3.63, 3.8) is 0 Å². The fraction of sp³-hybridized carbons (Fsp3) is 0.588. The summed E-state index contributed by atoms with van der Waals surface area (Å²) in [5.41, 5.74) is 2.51. The van der Waals surface area contributed by atoms with Crippen molar-refractivity contribution >= 4 is 21.6 Å². The number of aryl methyl sites for hydroxylation is 1. The standard InChI is InChI=1S/C17H22N2S/c1-11-5-4-8-15-16(11)19-17(20-15)14-10-9-12-6-2-3-7-13(12)18-14/h4-5,8,12-14,18H,2-3,6-7,9-10H2,1H3. The SMILES string of the molecule is Cc1cccc2sc(C3CCC4CCCCC4N3)nc12. The van der Waals surface area contributed by atoms with Crippen molar-refractivity contribution in [1.82, 2.24) is 10.3 Å². The zero-order valence-electron chi connectivity index (χ0n) is 12.1. The van der Waals surface area contributed by atoms with E-state index < -0.39 is 0 Å². The molecule has 2 fully saturated rings. The van der Waals surface area contributed by atoms with Crippen LogP contribution in [0.15, 0.2) is 18.2 Å². The molecule has 0 spiro atoms. The highest BCUT2D eigenvalue weighted by molar-refractivity contribution is 7.18. The van der Waals surface area contributed by atoms with Gasteiger partial charge in [0, 0.05) is 6.04 Å². The third-order valence-electron chi connectivity index (χ3n) is 5.09. The normalized spacial score (nSPS) is 30.4. The topological polar surface area (TPSA) is 24.9 Å². The minimum absolute atomic E-state index is 0.492. The molecule has 0 bridgehead atoms. The molecule has 106 valence electrons. The lowest BCUT2D eigenvalue weighted by Gasteiger charge is -2.39. The maximum absolute atomic E-state index is 4.93. The number of nitrogens with one attached hydrogen (secondary N) is 1. The number of thiazole rings is 1. The van der Waals surface area contributed by atoms with Gasteiger partial charge >= 0.3 is 0 Å². The summed E-state index contributed by atoms with van der Waals surface area (Å²) in [5.74, 6) is 0.927. The first-order chi connectivity index (χ1) is 9.81. The molecule has 20 heavy (non-hydrogen) atoms. The predicted molar refractivity (Wildman–Crippen MR) is 85.2 cm³/mol. The van der Waals surface area contributed by atoms with Crippen molar-refractivity contribution in [2.75, 3.05) is 0 Å². The Morgan fingerprint density at radius 2 is 2.05 bits per heavy atom. The van der Waals surface area contributed by atoms with E-state index in [0.29, 0.717) is 6.04 Å². The fourth-order valence-corrected chi connectivity index (χ4v) is 5.08. The molecule has 0 amide bonds. The molecule has 2 aromatic rings. The van der Waals surface area contributed by atoms with Crippen molar-refractivity contribution in [2.45, 2.75) is 57.5 Å². The first-order valence-corrected chi connectivity index (χ1v) is 8.75. The second kappa shape index (κ2) is 5.12. The number of piperidine rings is 1. The van der Waals surface area contributed by atoms with E-state index in [1.165, 1.54) is 59.3 Å². The Balaban J connectivity index is 1.61. The third kappa shape index (κ3) is 2.17. The number of hydrogen-bond donors (Lipinski definition) is 1. The Labute approximate surface area is 124 Å². The Bertz CT molecular complexity index is 618. The van der Waals surface area contributed by atoms with Gasteiger partial charge in [-0.3, -0.25) is 0 Å². The Kier molecular flexibility index (Phi) is 3.27. The molecule has 4 rings (SSSR count). The highest BCUT2D eigenvalue weighted by atomic mass is 32.1. The molecule has 1 saturated carbocycles. The van der Waals surface area contributed by atoms with Crippen molar-refractivity contribution in [3.05, 3.63) is 28.8 Å². The van der Waals surface area contributed by atoms with Gasteiger partial charge in [-0.15, -0.1) is 11.3 Å². The number of aromatic nitrogens is 1. The van der Waals surface area contributed by atoms with E-state index in [1.807, 2.05) is 11.3 Å². The molecule has 1 aliphatic heterocycles. The molecule has 1 aromatic carbocycles. The second-order valence-electron chi connectivity index (χ2n) is 6.42. The summed E-state index contributed by atoms with van der Waals surface area (Å²) in [4.78, 5) is 4.93. The molecule has 3 atom stereocenters. The third-order valence-corrected chi connectivity index (χ3v) is 6.22. The van der Waals surface area contributed by atoms with Crippen LogP contribution in [-0.2, 0) is 0 Å². The summed E-state index contributed by atoms with van der Waals surface area (Å²) in [7, 11) is 0. The monoisotopic (exact) mass is 286 g/mol. The highest BCUT2D eigenvalue weighted by Crippen LogP contribution is 2.38. The fourth-order valence-electron chi connectivity index (χ4n) is 3.94. The number of rotatable bonds is 1. The number of hydrogen-bond acceptors (Lipinski definition) is 3. The van der Waals surface area contributed by atoms with Gasteiger partial charge in [0.15, 0.2) is 0 Å². The smallest absolute Gasteiger partial charge is 0.111 e. The number of para-hydroxylation sites is 1. The lowest BCUT2D eigenvalue weighted by atomic mass is 9.78. The second-order valence-corrected chi connectivity index (χ2v) is 7.48. The van der Waals surface area contributed by atoms with Gasteiger partial charge in [0.1, 0.15) is 5.01 Å². The van der Waals surface area contributed by atoms with Crippen LogP contribution in [0.5, 0.6) is 0 Å². The average Bonchev–Trinajstić information content (AvgIpc) is 2.92. The minimum Gasteiger partial charge on any atom is -0.305 e. The van der Waals surface area contributed by atoms with E-state index in [-0.39, 0.29) is 0 Å². The van der Waals surface area contributed by atoms with Gasteiger partial charge in [-0.1, -0.05) is 25.0 Å². The van der Waals surface area contributed by atoms with Crippen LogP contribution in [0.2, 0.25) is 0 Å². The van der Waals surface area contributed by atoms with E-state index >= 15 is 0 Å². The van der Waals surface area contributed by atoms with Gasteiger partial charge < -0.3 is 5.32 Å². The molecule has 1 saturated heterocycles. The summed E-state index contributed by atoms with van der Waals surface area (Å²) in [5, 5.41) is 5.20. The Morgan fingerprint density at radius 1 is 1.15 bits per heavy atom. The molecule has 2 nitrogen and oxygen atoms in total. The first kappa shape index (κ1) is 12.8. The van der Waals surface area contributed by atoms with Crippen molar-refractivity contribution < 1.29 is 0 Å². The van der Waals surface area contributed by atoms with Gasteiger partial charge in [-0.25, -0.2) is 4.98 Å². The lowest BCUT2D eigenvalue weighted by molar-refractivity contribution is 0.177. The quantitative estimate of drug-likeness (QED) is 0.829. The minimum atomic E-state index is 0.492. The van der Waals surface area contributed by atoms with E-state index in [4.69, 9.17) is 4.98 Å². The average molecular weight is 286 g/mol. The van der Waals surface area contributed by atoms with Crippen LogP contribution < -0.4 is 5.32 Å². The van der Waals surface area contributed by atoms with Gasteiger partial charge in [0.05, 0.1) is 16.3 Å². The van der Waals surface area contributed by atoms with Gasteiger partial charge in [-0.2, -0.15) is 0 Å². The molecule has 1 aliphatic carbocycles. The summed E-state index contributed by atoms with van der Waals surface area (Å²) in [6.07, 6.45) is 8.29. The molecule has 0 radical (unpaired) electrons. The van der Waals surface area contributed by atoms with E-state index in [2.05, 4.69) is 30.4 Å². The maximum Gasteiger partial charge on any atom is 0.111 e. The number of benzene rings is 1. The molecular weight excluding hydrogens is 264 g/mol. The molecule has 2 heterocycles. The molecule has 3 heteroatoms. The van der Waals surface area contributed by atoms with Crippen molar-refractivity contribution in [1.29, 1.82) is 0 Å². The maximum atomic E-state index is 4.93. The van der Waals surface area contributed by atoms with Gasteiger partial charge in [0.2, 0.25) is 0 Å². The van der Waals surface area contributed by atoms with E-state index in [9.17, 15) is 0 Å². The lowest BCUT2D eigenvalue weighted by Crippen LogP contribution is -2.44. The first-order valence-electron chi connectivity index (χ1n) is 7.93. The summed E-state index contributed by atoms with van der Waals surface area (Å²) >= 11 is 1.88. The number of fused-ring (bicyclic) bond motifs is 2. The molecule has 1 N–H and O–H groups in total. The van der Waals surface area contributed by atoms with Crippen LogP contribution in [0.4, 0.5) is 0 Å².